The molecule has 1 aromatic heterocycles. The zero-order chi connectivity index (χ0) is 18.8. The lowest BCUT2D eigenvalue weighted by Gasteiger charge is -2.41. The van der Waals surface area contributed by atoms with Crippen molar-refractivity contribution in [1.29, 1.82) is 0 Å². The molecule has 1 aliphatic heterocycles. The zero-order valence-electron chi connectivity index (χ0n) is 16.1. The summed E-state index contributed by atoms with van der Waals surface area (Å²) in [6.45, 7) is 10.9. The average Bonchev–Trinajstić information content (AvgIpc) is 2.58. The minimum absolute atomic E-state index is 0.0623. The van der Waals surface area contributed by atoms with Gasteiger partial charge in [0.05, 0.1) is 16.9 Å². The summed E-state index contributed by atoms with van der Waals surface area (Å²) in [7, 11) is 0. The molecule has 0 bridgehead atoms. The number of nitrogens with zero attached hydrogens (tertiary/aromatic N) is 3. The van der Waals surface area contributed by atoms with Gasteiger partial charge >= 0.3 is 0 Å². The number of fused-ring (bicyclic) bond motifs is 1. The van der Waals surface area contributed by atoms with Crippen LogP contribution in [0, 0.1) is 5.82 Å². The maximum Gasteiger partial charge on any atom is 0.261 e. The molecule has 0 spiro atoms. The third-order valence-corrected chi connectivity index (χ3v) is 5.15. The Morgan fingerprint density at radius 3 is 2.58 bits per heavy atom. The van der Waals surface area contributed by atoms with Crippen molar-refractivity contribution >= 4 is 10.9 Å². The summed E-state index contributed by atoms with van der Waals surface area (Å²) in [5, 5.41) is 4.04. The fourth-order valence-corrected chi connectivity index (χ4v) is 4.14. The van der Waals surface area contributed by atoms with Gasteiger partial charge < -0.3 is 5.32 Å². The van der Waals surface area contributed by atoms with Crippen LogP contribution in [0.25, 0.3) is 10.9 Å². The predicted molar refractivity (Wildman–Crippen MR) is 103 cm³/mol. The molecule has 5 nitrogen and oxygen atoms in total. The Balaban J connectivity index is 2.13. The molecule has 1 aromatic carbocycles. The van der Waals surface area contributed by atoms with Crippen LogP contribution in [0.4, 0.5) is 4.39 Å². The van der Waals surface area contributed by atoms with E-state index in [9.17, 15) is 9.18 Å². The van der Waals surface area contributed by atoms with Crippen molar-refractivity contribution in [1.82, 2.24) is 19.8 Å². The molecule has 2 heterocycles. The SMILES string of the molecule is CCCC(c1nc2cc(F)ccc2c(=O)n1CC)N1CC(C)NC(C)C1. The Labute approximate surface area is 154 Å². The van der Waals surface area contributed by atoms with Gasteiger partial charge in [-0.2, -0.15) is 0 Å². The normalized spacial score (nSPS) is 22.7. The highest BCUT2D eigenvalue weighted by Gasteiger charge is 2.30. The molecule has 1 aliphatic rings. The number of rotatable bonds is 5. The minimum atomic E-state index is -0.360. The second-order valence-electron chi connectivity index (χ2n) is 7.41. The first-order valence-electron chi connectivity index (χ1n) is 9.64. The summed E-state index contributed by atoms with van der Waals surface area (Å²) in [5.41, 5.74) is 0.372. The van der Waals surface area contributed by atoms with Crippen LogP contribution in [-0.4, -0.2) is 39.6 Å². The Morgan fingerprint density at radius 1 is 1.27 bits per heavy atom. The highest BCUT2D eigenvalue weighted by Crippen LogP contribution is 2.27. The summed E-state index contributed by atoms with van der Waals surface area (Å²) < 4.78 is 15.5. The predicted octanol–water partition coefficient (Wildman–Crippen LogP) is 3.08. The molecule has 2 aromatic rings. The van der Waals surface area contributed by atoms with Crippen LogP contribution in [-0.2, 0) is 6.54 Å². The van der Waals surface area contributed by atoms with Crippen molar-refractivity contribution in [3.8, 4) is 0 Å². The molecule has 6 heteroatoms. The molecule has 26 heavy (non-hydrogen) atoms. The van der Waals surface area contributed by atoms with Crippen LogP contribution in [0.5, 0.6) is 0 Å². The van der Waals surface area contributed by atoms with Gasteiger partial charge in [-0.05, 0) is 39.3 Å². The fraction of sp³-hybridized carbons (Fsp3) is 0.600. The first-order valence-corrected chi connectivity index (χ1v) is 9.64. The van der Waals surface area contributed by atoms with Gasteiger partial charge in [-0.15, -0.1) is 0 Å². The molecular weight excluding hydrogens is 331 g/mol. The van der Waals surface area contributed by atoms with Crippen molar-refractivity contribution in [2.75, 3.05) is 13.1 Å². The molecule has 0 amide bonds. The van der Waals surface area contributed by atoms with Gasteiger partial charge in [-0.3, -0.25) is 14.3 Å². The summed E-state index contributed by atoms with van der Waals surface area (Å²) in [6, 6.07) is 5.07. The van der Waals surface area contributed by atoms with Crippen molar-refractivity contribution in [3.05, 3.63) is 40.2 Å². The molecule has 3 unspecified atom stereocenters. The Kier molecular flexibility index (Phi) is 5.73. The highest BCUT2D eigenvalue weighted by molar-refractivity contribution is 5.77. The van der Waals surface area contributed by atoms with Gasteiger partial charge in [0, 0.05) is 37.8 Å². The molecular formula is C20H29FN4O. The quantitative estimate of drug-likeness (QED) is 0.890. The number of hydrogen-bond acceptors (Lipinski definition) is 4. The lowest BCUT2D eigenvalue weighted by molar-refractivity contribution is 0.109. The first kappa shape index (κ1) is 19.0. The molecule has 3 rings (SSSR count). The number of piperazine rings is 1. The van der Waals surface area contributed by atoms with E-state index in [4.69, 9.17) is 4.98 Å². The third kappa shape index (κ3) is 3.67. The van der Waals surface area contributed by atoms with Crippen molar-refractivity contribution < 1.29 is 4.39 Å². The molecule has 142 valence electrons. The van der Waals surface area contributed by atoms with E-state index in [2.05, 4.69) is 31.0 Å². The largest absolute Gasteiger partial charge is 0.309 e. The molecule has 0 aliphatic carbocycles. The second-order valence-corrected chi connectivity index (χ2v) is 7.41. The third-order valence-electron chi connectivity index (χ3n) is 5.15. The standard InChI is InChI=1S/C20H29FN4O/c1-5-7-18(24-11-13(3)22-14(4)12-24)19-23-17-10-15(21)8-9-16(17)20(26)25(19)6-2/h8-10,13-14,18,22H,5-7,11-12H2,1-4H3. The summed E-state index contributed by atoms with van der Waals surface area (Å²) in [6.07, 6.45) is 1.92. The van der Waals surface area contributed by atoms with Crippen LogP contribution >= 0.6 is 0 Å². The Morgan fingerprint density at radius 2 is 1.96 bits per heavy atom. The van der Waals surface area contributed by atoms with E-state index in [-0.39, 0.29) is 17.4 Å². The summed E-state index contributed by atoms with van der Waals surface area (Å²) in [5.74, 6) is 0.403. The van der Waals surface area contributed by atoms with Crippen molar-refractivity contribution in [2.45, 2.75) is 65.2 Å². The summed E-state index contributed by atoms with van der Waals surface area (Å²) >= 11 is 0. The molecule has 0 radical (unpaired) electrons. The van der Waals surface area contributed by atoms with Gasteiger partial charge in [0.15, 0.2) is 0 Å². The minimum Gasteiger partial charge on any atom is -0.309 e. The topological polar surface area (TPSA) is 50.2 Å². The number of nitrogens with one attached hydrogen (secondary N) is 1. The van der Waals surface area contributed by atoms with E-state index in [1.165, 1.54) is 12.1 Å². The molecule has 3 atom stereocenters. The lowest BCUT2D eigenvalue weighted by Crippen LogP contribution is -2.55. The fourth-order valence-electron chi connectivity index (χ4n) is 4.14. The maximum absolute atomic E-state index is 13.7. The van der Waals surface area contributed by atoms with Crippen LogP contribution in [0.3, 0.4) is 0 Å². The van der Waals surface area contributed by atoms with Crippen LogP contribution in [0.1, 0.15) is 52.4 Å². The van der Waals surface area contributed by atoms with Crippen LogP contribution in [0.2, 0.25) is 0 Å². The van der Waals surface area contributed by atoms with Gasteiger partial charge in [-0.25, -0.2) is 9.37 Å². The zero-order valence-corrected chi connectivity index (χ0v) is 16.1. The van der Waals surface area contributed by atoms with E-state index >= 15 is 0 Å². The molecule has 0 saturated carbocycles. The van der Waals surface area contributed by atoms with Crippen LogP contribution in [0.15, 0.2) is 23.0 Å². The summed E-state index contributed by atoms with van der Waals surface area (Å²) in [4.78, 5) is 20.2. The molecule has 1 fully saturated rings. The highest BCUT2D eigenvalue weighted by atomic mass is 19.1. The van der Waals surface area contributed by atoms with E-state index in [0.717, 1.165) is 31.8 Å². The van der Waals surface area contributed by atoms with Crippen molar-refractivity contribution in [3.63, 3.8) is 0 Å². The first-order chi connectivity index (χ1) is 12.4. The Hall–Kier alpha value is -1.79. The van der Waals surface area contributed by atoms with Gasteiger partial charge in [-0.1, -0.05) is 13.3 Å². The number of aromatic nitrogens is 2. The van der Waals surface area contributed by atoms with Crippen molar-refractivity contribution in [2.24, 2.45) is 0 Å². The van der Waals surface area contributed by atoms with Gasteiger partial charge in [0.25, 0.3) is 5.56 Å². The lowest BCUT2D eigenvalue weighted by atomic mass is 10.0. The molecule has 1 saturated heterocycles. The number of hydrogen-bond donors (Lipinski definition) is 1. The maximum atomic E-state index is 13.7. The number of halogens is 1. The van der Waals surface area contributed by atoms with Crippen LogP contribution < -0.4 is 10.9 Å². The van der Waals surface area contributed by atoms with E-state index in [1.807, 2.05) is 6.92 Å². The monoisotopic (exact) mass is 360 g/mol. The average molecular weight is 360 g/mol. The smallest absolute Gasteiger partial charge is 0.261 e. The van der Waals surface area contributed by atoms with Gasteiger partial charge in [0.2, 0.25) is 0 Å². The van der Waals surface area contributed by atoms with Gasteiger partial charge in [0.1, 0.15) is 11.6 Å². The van der Waals surface area contributed by atoms with E-state index < -0.39 is 0 Å². The van der Waals surface area contributed by atoms with E-state index in [1.54, 1.807) is 10.6 Å². The Bertz CT molecular complexity index is 824. The van der Waals surface area contributed by atoms with E-state index in [0.29, 0.717) is 29.5 Å². The number of benzene rings is 1. The molecule has 1 N–H and O–H groups in total. The second kappa shape index (κ2) is 7.84.